The van der Waals surface area contributed by atoms with Crippen LogP contribution in [0.25, 0.3) is 0 Å². The number of aliphatic hydroxyl groups is 2. The van der Waals surface area contributed by atoms with E-state index < -0.39 is 18.3 Å². The number of carbonyl (C=O) groups excluding carboxylic acids is 2. The van der Waals surface area contributed by atoms with E-state index >= 15 is 0 Å². The molecule has 3 atom stereocenters. The first-order valence-corrected chi connectivity index (χ1v) is 11.8. The highest BCUT2D eigenvalue weighted by Crippen LogP contribution is 2.13. The Bertz CT molecular complexity index is 727. The quantitative estimate of drug-likeness (QED) is 0.623. The van der Waals surface area contributed by atoms with Gasteiger partial charge in [0.1, 0.15) is 18.3 Å². The molecule has 0 radical (unpaired) electrons. The zero-order chi connectivity index (χ0) is 23.5. The highest BCUT2D eigenvalue weighted by atomic mass is 32.1. The molecule has 32 heavy (non-hydrogen) atoms. The van der Waals surface area contributed by atoms with Crippen LogP contribution >= 0.6 is 11.3 Å². The Morgan fingerprint density at radius 2 is 2.03 bits per heavy atom. The number of ether oxygens (including phenoxy) is 2. The lowest BCUT2D eigenvalue weighted by Gasteiger charge is -2.33. The van der Waals surface area contributed by atoms with Crippen molar-refractivity contribution in [1.82, 2.24) is 14.8 Å². The van der Waals surface area contributed by atoms with E-state index in [9.17, 15) is 19.8 Å². The number of rotatable bonds is 5. The molecule has 2 N–H and O–H groups in total. The van der Waals surface area contributed by atoms with Crippen molar-refractivity contribution in [2.75, 3.05) is 46.0 Å². The minimum atomic E-state index is -1.22. The molecule has 0 spiro atoms. The minimum Gasteiger partial charge on any atom is -0.388 e. The maximum Gasteiger partial charge on any atom is 0.283 e. The molecule has 1 aliphatic rings. The molecule has 2 heterocycles. The lowest BCUT2D eigenvalue weighted by Crippen LogP contribution is -2.50. The summed E-state index contributed by atoms with van der Waals surface area (Å²) in [7, 11) is 0. The highest BCUT2D eigenvalue weighted by molar-refractivity contribution is 7.11. The normalized spacial score (nSPS) is 24.9. The first-order chi connectivity index (χ1) is 15.3. The van der Waals surface area contributed by atoms with Crippen molar-refractivity contribution in [1.29, 1.82) is 0 Å². The number of aromatic nitrogens is 1. The van der Waals surface area contributed by atoms with Gasteiger partial charge in [0.25, 0.3) is 5.91 Å². The second kappa shape index (κ2) is 13.6. The van der Waals surface area contributed by atoms with Crippen molar-refractivity contribution in [2.45, 2.75) is 45.5 Å². The van der Waals surface area contributed by atoms with Gasteiger partial charge in [0, 0.05) is 51.3 Å². The van der Waals surface area contributed by atoms with Crippen molar-refractivity contribution < 1.29 is 29.3 Å². The number of thiazole rings is 1. The molecular formula is C22H35N3O6S. The van der Waals surface area contributed by atoms with Crippen molar-refractivity contribution in [3.05, 3.63) is 28.7 Å². The van der Waals surface area contributed by atoms with Crippen LogP contribution in [0.3, 0.4) is 0 Å². The Kier molecular flexibility index (Phi) is 11.3. The van der Waals surface area contributed by atoms with Crippen molar-refractivity contribution in [2.24, 2.45) is 5.92 Å². The van der Waals surface area contributed by atoms with Crippen molar-refractivity contribution >= 4 is 23.2 Å². The largest absolute Gasteiger partial charge is 0.388 e. The molecule has 1 aromatic rings. The van der Waals surface area contributed by atoms with E-state index in [2.05, 4.69) is 18.8 Å². The van der Waals surface area contributed by atoms with Gasteiger partial charge in [0.05, 0.1) is 13.2 Å². The van der Waals surface area contributed by atoms with Gasteiger partial charge in [-0.25, -0.2) is 4.98 Å². The average Bonchev–Trinajstić information content (AvgIpc) is 3.28. The Labute approximate surface area is 193 Å². The van der Waals surface area contributed by atoms with E-state index in [4.69, 9.17) is 9.47 Å². The Morgan fingerprint density at radius 3 is 2.69 bits per heavy atom. The molecule has 1 aliphatic heterocycles. The van der Waals surface area contributed by atoms with E-state index in [-0.39, 0.29) is 38.1 Å². The first kappa shape index (κ1) is 26.4. The third-order valence-electron chi connectivity index (χ3n) is 5.19. The maximum atomic E-state index is 12.8. The lowest BCUT2D eigenvalue weighted by atomic mass is 10.1. The van der Waals surface area contributed by atoms with Gasteiger partial charge in [-0.1, -0.05) is 26.0 Å². The number of amides is 2. The second-order valence-electron chi connectivity index (χ2n) is 8.21. The summed E-state index contributed by atoms with van der Waals surface area (Å²) in [5.74, 6) is 0.00563. The smallest absolute Gasteiger partial charge is 0.283 e. The molecule has 180 valence electrons. The fraction of sp³-hybridized carbons (Fsp3) is 0.682. The minimum absolute atomic E-state index is 0.0720. The van der Waals surface area contributed by atoms with Crippen molar-refractivity contribution in [3.63, 3.8) is 0 Å². The Balaban J connectivity index is 2.19. The molecule has 2 amide bonds. The Morgan fingerprint density at radius 1 is 1.28 bits per heavy atom. The lowest BCUT2D eigenvalue weighted by molar-refractivity contribution is -0.139. The van der Waals surface area contributed by atoms with Crippen LogP contribution in [0.5, 0.6) is 0 Å². The van der Waals surface area contributed by atoms with Gasteiger partial charge in [-0.3, -0.25) is 9.59 Å². The molecule has 0 unspecified atom stereocenters. The summed E-state index contributed by atoms with van der Waals surface area (Å²) in [6.07, 6.45) is 2.78. The van der Waals surface area contributed by atoms with Crippen LogP contribution < -0.4 is 0 Å². The van der Waals surface area contributed by atoms with Crippen LogP contribution in [0.1, 0.15) is 37.0 Å². The van der Waals surface area contributed by atoms with E-state index in [0.29, 0.717) is 30.6 Å². The summed E-state index contributed by atoms with van der Waals surface area (Å²) in [5.41, 5.74) is 0. The average molecular weight is 470 g/mol. The standard InChI is InChI=1S/C22H35N3O6S/c1-16(2)6-12-31-19-14-25(17(3)26)10-9-24(22(29)21-23-7-13-32-21)8-4-5-11-30-15-18(27)20(19)28/h4-5,7,13,16,18-20,27-28H,6,8-12,14-15H2,1-3H3/b5-4+/t18-,19-,20-/m1/s1. The van der Waals surface area contributed by atoms with E-state index in [0.717, 1.165) is 6.42 Å². The van der Waals surface area contributed by atoms with Crippen LogP contribution in [0.2, 0.25) is 0 Å². The fourth-order valence-electron chi connectivity index (χ4n) is 3.16. The monoisotopic (exact) mass is 469 g/mol. The summed E-state index contributed by atoms with van der Waals surface area (Å²) in [6.45, 7) is 7.14. The maximum absolute atomic E-state index is 12.8. The van der Waals surface area contributed by atoms with E-state index in [1.54, 1.807) is 28.6 Å². The number of hydrogen-bond donors (Lipinski definition) is 2. The highest BCUT2D eigenvalue weighted by Gasteiger charge is 2.30. The molecule has 10 heteroatoms. The van der Waals surface area contributed by atoms with Crippen LogP contribution in [0, 0.1) is 5.92 Å². The SMILES string of the molecule is CC(=O)N1CCN(C(=O)c2nccs2)C/C=C/COC[C@@H](O)[C@@H](O)[C@H](OCCC(C)C)C1. The van der Waals surface area contributed by atoms with Gasteiger partial charge in [-0.15, -0.1) is 11.3 Å². The Hall–Kier alpha value is -1.85. The van der Waals surface area contributed by atoms with E-state index in [1.807, 2.05) is 0 Å². The topological polar surface area (TPSA) is 112 Å². The predicted molar refractivity (Wildman–Crippen MR) is 121 cm³/mol. The van der Waals surface area contributed by atoms with Crippen LogP contribution in [0.4, 0.5) is 0 Å². The molecule has 0 saturated carbocycles. The van der Waals surface area contributed by atoms with Gasteiger partial charge < -0.3 is 29.5 Å². The molecule has 0 saturated heterocycles. The summed E-state index contributed by atoms with van der Waals surface area (Å²) in [6, 6.07) is 0. The van der Waals surface area contributed by atoms with E-state index in [1.165, 1.54) is 23.2 Å². The summed E-state index contributed by atoms with van der Waals surface area (Å²) < 4.78 is 11.3. The van der Waals surface area contributed by atoms with Gasteiger partial charge in [-0.2, -0.15) is 0 Å². The number of aliphatic hydroxyl groups excluding tert-OH is 2. The summed E-state index contributed by atoms with van der Waals surface area (Å²) in [4.78, 5) is 32.4. The fourth-order valence-corrected chi connectivity index (χ4v) is 3.77. The molecule has 0 fully saturated rings. The van der Waals surface area contributed by atoms with Crippen LogP contribution in [0.15, 0.2) is 23.7 Å². The zero-order valence-electron chi connectivity index (χ0n) is 19.1. The molecule has 1 aromatic heterocycles. The molecule has 9 nitrogen and oxygen atoms in total. The van der Waals surface area contributed by atoms with Gasteiger partial charge in [0.2, 0.25) is 5.91 Å². The van der Waals surface area contributed by atoms with Crippen LogP contribution in [-0.4, -0.2) is 101 Å². The molecule has 2 rings (SSSR count). The second-order valence-corrected chi connectivity index (χ2v) is 9.11. The third-order valence-corrected chi connectivity index (χ3v) is 5.95. The van der Waals surface area contributed by atoms with Gasteiger partial charge in [-0.05, 0) is 12.3 Å². The van der Waals surface area contributed by atoms with Crippen molar-refractivity contribution in [3.8, 4) is 0 Å². The number of nitrogens with zero attached hydrogens (tertiary/aromatic N) is 3. The molecule has 0 bridgehead atoms. The number of hydrogen-bond acceptors (Lipinski definition) is 8. The van der Waals surface area contributed by atoms with Gasteiger partial charge in [0.15, 0.2) is 5.01 Å². The van der Waals surface area contributed by atoms with Gasteiger partial charge >= 0.3 is 0 Å². The first-order valence-electron chi connectivity index (χ1n) is 10.9. The zero-order valence-corrected chi connectivity index (χ0v) is 19.9. The predicted octanol–water partition coefficient (Wildman–Crippen LogP) is 1.17. The number of carbonyl (C=O) groups is 2. The molecule has 0 aliphatic carbocycles. The van der Waals surface area contributed by atoms with Crippen LogP contribution in [-0.2, 0) is 14.3 Å². The third kappa shape index (κ3) is 8.59. The summed E-state index contributed by atoms with van der Waals surface area (Å²) >= 11 is 1.27. The molecule has 0 aromatic carbocycles. The molecular weight excluding hydrogens is 434 g/mol. The summed E-state index contributed by atoms with van der Waals surface area (Å²) in [5, 5.41) is 23.2.